The van der Waals surface area contributed by atoms with E-state index in [-0.39, 0.29) is 12.5 Å². The summed E-state index contributed by atoms with van der Waals surface area (Å²) < 4.78 is 5.54. The lowest BCUT2D eigenvalue weighted by Gasteiger charge is -2.21. The lowest BCUT2D eigenvalue weighted by molar-refractivity contribution is -0.132. The normalized spacial score (nSPS) is 10.1. The van der Waals surface area contributed by atoms with Gasteiger partial charge in [-0.3, -0.25) is 4.79 Å². The highest BCUT2D eigenvalue weighted by Gasteiger charge is 2.12. The molecule has 4 heteroatoms. The summed E-state index contributed by atoms with van der Waals surface area (Å²) in [6.07, 6.45) is 0. The summed E-state index contributed by atoms with van der Waals surface area (Å²) in [5.41, 5.74) is 8.24. The van der Waals surface area contributed by atoms with E-state index in [1.807, 2.05) is 26.8 Å². The van der Waals surface area contributed by atoms with Crippen molar-refractivity contribution in [1.82, 2.24) is 4.90 Å². The van der Waals surface area contributed by atoms with Crippen molar-refractivity contribution in [2.45, 2.75) is 20.8 Å². The molecular formula is C15H22N2O2. The van der Waals surface area contributed by atoms with Crippen LogP contribution in [-0.2, 0) is 4.79 Å². The highest BCUT2D eigenvalue weighted by atomic mass is 16.5. The third-order valence-electron chi connectivity index (χ3n) is 2.75. The van der Waals surface area contributed by atoms with E-state index < -0.39 is 0 Å². The second-order valence-electron chi connectivity index (χ2n) is 4.68. The van der Waals surface area contributed by atoms with Gasteiger partial charge >= 0.3 is 0 Å². The fraction of sp³-hybridized carbons (Fsp3) is 0.400. The van der Waals surface area contributed by atoms with Gasteiger partial charge in [-0.2, -0.15) is 0 Å². The number of hydrogen-bond acceptors (Lipinski definition) is 3. The smallest absolute Gasteiger partial charge is 0.260 e. The molecule has 0 atom stereocenters. The maximum Gasteiger partial charge on any atom is 0.260 e. The molecule has 0 spiro atoms. The van der Waals surface area contributed by atoms with Crippen molar-refractivity contribution in [3.05, 3.63) is 35.9 Å². The molecule has 1 aromatic rings. The van der Waals surface area contributed by atoms with Crippen LogP contribution in [0.25, 0.3) is 0 Å². The van der Waals surface area contributed by atoms with Crippen LogP contribution in [0.3, 0.4) is 0 Å². The van der Waals surface area contributed by atoms with Crippen LogP contribution in [0, 0.1) is 6.92 Å². The van der Waals surface area contributed by atoms with Gasteiger partial charge in [0.25, 0.3) is 5.91 Å². The Labute approximate surface area is 114 Å². The van der Waals surface area contributed by atoms with E-state index in [0.29, 0.717) is 24.5 Å². The van der Waals surface area contributed by atoms with Gasteiger partial charge in [0.1, 0.15) is 5.75 Å². The number of anilines is 1. The van der Waals surface area contributed by atoms with Crippen LogP contribution >= 0.6 is 0 Å². The summed E-state index contributed by atoms with van der Waals surface area (Å²) >= 11 is 0. The minimum absolute atomic E-state index is 0.0336. The zero-order valence-electron chi connectivity index (χ0n) is 11.9. The maximum absolute atomic E-state index is 12.0. The number of nitrogens with zero attached hydrogens (tertiary/aromatic N) is 1. The number of hydrogen-bond donors (Lipinski definition) is 1. The molecule has 0 heterocycles. The standard InChI is InChI=1S/C15H22N2O2/c1-5-17(9-11(2)3)15(18)10-19-14-7-6-13(16)8-12(14)4/h6-8H,2,5,9-10,16H2,1,3-4H3. The summed E-state index contributed by atoms with van der Waals surface area (Å²) in [6.45, 7) is 10.8. The number of benzene rings is 1. The molecule has 0 unspecified atom stereocenters. The molecule has 2 N–H and O–H groups in total. The molecule has 0 aliphatic carbocycles. The minimum Gasteiger partial charge on any atom is -0.483 e. The number of rotatable bonds is 6. The Morgan fingerprint density at radius 2 is 2.16 bits per heavy atom. The van der Waals surface area contributed by atoms with E-state index in [9.17, 15) is 4.79 Å². The Hall–Kier alpha value is -1.97. The van der Waals surface area contributed by atoms with Crippen molar-refractivity contribution in [3.63, 3.8) is 0 Å². The van der Waals surface area contributed by atoms with Crippen molar-refractivity contribution in [3.8, 4) is 5.75 Å². The monoisotopic (exact) mass is 262 g/mol. The molecule has 104 valence electrons. The van der Waals surface area contributed by atoms with Crippen molar-refractivity contribution in [1.29, 1.82) is 0 Å². The van der Waals surface area contributed by atoms with Crippen LogP contribution in [0.2, 0.25) is 0 Å². The number of amides is 1. The van der Waals surface area contributed by atoms with Crippen LogP contribution in [0.4, 0.5) is 5.69 Å². The molecule has 1 aromatic carbocycles. The van der Waals surface area contributed by atoms with Crippen LogP contribution in [-0.4, -0.2) is 30.5 Å². The third kappa shape index (κ3) is 4.66. The van der Waals surface area contributed by atoms with Crippen LogP contribution < -0.4 is 10.5 Å². The first-order chi connectivity index (χ1) is 8.93. The number of likely N-dealkylation sites (N-methyl/N-ethyl adjacent to an activating group) is 1. The molecule has 0 fully saturated rings. The molecule has 19 heavy (non-hydrogen) atoms. The number of carbonyl (C=O) groups is 1. The van der Waals surface area contributed by atoms with Crippen LogP contribution in [0.15, 0.2) is 30.4 Å². The minimum atomic E-state index is -0.0401. The van der Waals surface area contributed by atoms with Gasteiger partial charge < -0.3 is 15.4 Å². The van der Waals surface area contributed by atoms with Gasteiger partial charge in [-0.15, -0.1) is 0 Å². The van der Waals surface area contributed by atoms with E-state index in [2.05, 4.69) is 6.58 Å². The Kier molecular flexibility index (Phi) is 5.42. The Morgan fingerprint density at radius 3 is 2.68 bits per heavy atom. The SMILES string of the molecule is C=C(C)CN(CC)C(=O)COc1ccc(N)cc1C. The fourth-order valence-corrected chi connectivity index (χ4v) is 1.77. The first-order valence-electron chi connectivity index (χ1n) is 6.35. The summed E-state index contributed by atoms with van der Waals surface area (Å²) in [5.74, 6) is 0.649. The topological polar surface area (TPSA) is 55.6 Å². The average molecular weight is 262 g/mol. The quantitative estimate of drug-likeness (QED) is 0.632. The molecule has 0 saturated heterocycles. The van der Waals surface area contributed by atoms with Crippen LogP contribution in [0.5, 0.6) is 5.75 Å². The molecule has 0 radical (unpaired) electrons. The van der Waals surface area contributed by atoms with Gasteiger partial charge in [-0.1, -0.05) is 12.2 Å². The molecule has 0 saturated carbocycles. The average Bonchev–Trinajstić information content (AvgIpc) is 2.34. The second-order valence-corrected chi connectivity index (χ2v) is 4.68. The molecule has 1 rings (SSSR count). The Bertz CT molecular complexity index is 469. The van der Waals surface area contributed by atoms with Gasteiger partial charge in [-0.25, -0.2) is 0 Å². The molecule has 4 nitrogen and oxygen atoms in total. The van der Waals surface area contributed by atoms with Crippen LogP contribution in [0.1, 0.15) is 19.4 Å². The highest BCUT2D eigenvalue weighted by Crippen LogP contribution is 2.20. The van der Waals surface area contributed by atoms with E-state index in [4.69, 9.17) is 10.5 Å². The van der Waals surface area contributed by atoms with Gasteiger partial charge in [-0.05, 0) is 44.5 Å². The predicted molar refractivity (Wildman–Crippen MR) is 78.2 cm³/mol. The first-order valence-corrected chi connectivity index (χ1v) is 6.35. The lowest BCUT2D eigenvalue weighted by atomic mass is 10.2. The number of aryl methyl sites for hydroxylation is 1. The molecule has 0 aliphatic rings. The summed E-state index contributed by atoms with van der Waals surface area (Å²) in [4.78, 5) is 13.7. The third-order valence-corrected chi connectivity index (χ3v) is 2.75. The molecule has 0 aliphatic heterocycles. The molecule has 1 amide bonds. The number of nitrogen functional groups attached to an aromatic ring is 1. The van der Waals surface area contributed by atoms with Crippen molar-refractivity contribution in [2.24, 2.45) is 0 Å². The van der Waals surface area contributed by atoms with Gasteiger partial charge in [0.2, 0.25) is 0 Å². The summed E-state index contributed by atoms with van der Waals surface area (Å²) in [7, 11) is 0. The fourth-order valence-electron chi connectivity index (χ4n) is 1.77. The summed E-state index contributed by atoms with van der Waals surface area (Å²) in [6, 6.07) is 5.37. The lowest BCUT2D eigenvalue weighted by Crippen LogP contribution is -2.35. The maximum atomic E-state index is 12.0. The van der Waals surface area contributed by atoms with E-state index in [1.165, 1.54) is 0 Å². The van der Waals surface area contributed by atoms with E-state index >= 15 is 0 Å². The number of carbonyl (C=O) groups excluding carboxylic acids is 1. The van der Waals surface area contributed by atoms with Gasteiger partial charge in [0.05, 0.1) is 0 Å². The number of nitrogens with two attached hydrogens (primary N) is 1. The molecule has 0 bridgehead atoms. The number of ether oxygens (including phenoxy) is 1. The van der Waals surface area contributed by atoms with E-state index in [0.717, 1.165) is 11.1 Å². The Morgan fingerprint density at radius 1 is 1.47 bits per heavy atom. The van der Waals surface area contributed by atoms with Crippen molar-refractivity contribution < 1.29 is 9.53 Å². The van der Waals surface area contributed by atoms with E-state index in [1.54, 1.807) is 17.0 Å². The van der Waals surface area contributed by atoms with Crippen molar-refractivity contribution in [2.75, 3.05) is 25.4 Å². The zero-order chi connectivity index (χ0) is 14.4. The van der Waals surface area contributed by atoms with Gasteiger partial charge in [0, 0.05) is 18.8 Å². The highest BCUT2D eigenvalue weighted by molar-refractivity contribution is 5.78. The predicted octanol–water partition coefficient (Wildman–Crippen LogP) is 2.38. The van der Waals surface area contributed by atoms with Gasteiger partial charge in [0.15, 0.2) is 6.61 Å². The second kappa shape index (κ2) is 6.83. The Balaban J connectivity index is 2.60. The first kappa shape index (κ1) is 15.1. The van der Waals surface area contributed by atoms with Crippen molar-refractivity contribution >= 4 is 11.6 Å². The largest absolute Gasteiger partial charge is 0.483 e. The molecular weight excluding hydrogens is 240 g/mol. The molecule has 0 aromatic heterocycles. The zero-order valence-corrected chi connectivity index (χ0v) is 11.9. The summed E-state index contributed by atoms with van der Waals surface area (Å²) in [5, 5.41) is 0.